The number of ether oxygens (including phenoxy) is 1. The van der Waals surface area contributed by atoms with Crippen LogP contribution in [0.4, 0.5) is 5.69 Å². The van der Waals surface area contributed by atoms with Gasteiger partial charge < -0.3 is 9.14 Å². The Labute approximate surface area is 168 Å². The maximum atomic E-state index is 12.7. The zero-order valence-corrected chi connectivity index (χ0v) is 16.6. The van der Waals surface area contributed by atoms with E-state index in [4.69, 9.17) is 4.74 Å². The molecule has 1 aliphatic heterocycles. The number of rotatable bonds is 4. The van der Waals surface area contributed by atoms with Crippen molar-refractivity contribution in [3.63, 3.8) is 0 Å². The van der Waals surface area contributed by atoms with Crippen LogP contribution in [0.5, 0.6) is 5.75 Å². The average molecular weight is 405 g/mol. The van der Waals surface area contributed by atoms with E-state index in [2.05, 4.69) is 9.71 Å². The Morgan fingerprint density at radius 3 is 2.72 bits per heavy atom. The van der Waals surface area contributed by atoms with Gasteiger partial charge in [-0.1, -0.05) is 12.1 Å². The van der Waals surface area contributed by atoms with E-state index in [0.29, 0.717) is 12.3 Å². The highest BCUT2D eigenvalue weighted by Crippen LogP contribution is 2.29. The SMILES string of the molecule is Cc1ccn2cc(-c3ccc(NS(=O)(=O)c4ccc5c(c4)CCO5)cc3)nc2c1. The van der Waals surface area contributed by atoms with Crippen LogP contribution in [-0.2, 0) is 16.4 Å². The van der Waals surface area contributed by atoms with Gasteiger partial charge in [-0.25, -0.2) is 13.4 Å². The summed E-state index contributed by atoms with van der Waals surface area (Å²) in [5.74, 6) is 0.760. The fraction of sp³-hybridized carbons (Fsp3) is 0.136. The molecule has 0 unspecified atom stereocenters. The van der Waals surface area contributed by atoms with Crippen molar-refractivity contribution in [1.29, 1.82) is 0 Å². The van der Waals surface area contributed by atoms with E-state index in [1.54, 1.807) is 30.3 Å². The molecule has 0 amide bonds. The minimum atomic E-state index is -3.66. The van der Waals surface area contributed by atoms with Crippen LogP contribution in [0.3, 0.4) is 0 Å². The van der Waals surface area contributed by atoms with Gasteiger partial charge >= 0.3 is 0 Å². The van der Waals surface area contributed by atoms with E-state index in [1.807, 2.05) is 48.0 Å². The summed E-state index contributed by atoms with van der Waals surface area (Å²) in [7, 11) is -3.66. The lowest BCUT2D eigenvalue weighted by molar-refractivity contribution is 0.356. The van der Waals surface area contributed by atoms with Crippen molar-refractivity contribution in [2.24, 2.45) is 0 Å². The molecule has 0 fully saturated rings. The van der Waals surface area contributed by atoms with Gasteiger partial charge in [0.1, 0.15) is 11.4 Å². The predicted molar refractivity (Wildman–Crippen MR) is 112 cm³/mol. The minimum absolute atomic E-state index is 0.238. The van der Waals surface area contributed by atoms with E-state index >= 15 is 0 Å². The molecule has 0 aliphatic carbocycles. The number of fused-ring (bicyclic) bond motifs is 2. The van der Waals surface area contributed by atoms with Gasteiger partial charge in [0.15, 0.2) is 0 Å². The molecule has 0 bridgehead atoms. The largest absolute Gasteiger partial charge is 0.493 e. The zero-order chi connectivity index (χ0) is 20.0. The highest BCUT2D eigenvalue weighted by molar-refractivity contribution is 7.92. The molecule has 0 spiro atoms. The lowest BCUT2D eigenvalue weighted by atomic mass is 10.1. The van der Waals surface area contributed by atoms with Crippen LogP contribution in [0.15, 0.2) is 71.9 Å². The molecular weight excluding hydrogens is 386 g/mol. The van der Waals surface area contributed by atoms with Crippen molar-refractivity contribution in [2.45, 2.75) is 18.2 Å². The maximum absolute atomic E-state index is 12.7. The molecule has 5 rings (SSSR count). The van der Waals surface area contributed by atoms with Gasteiger partial charge in [-0.3, -0.25) is 4.72 Å². The molecule has 0 atom stereocenters. The number of pyridine rings is 1. The van der Waals surface area contributed by atoms with Gasteiger partial charge in [-0.2, -0.15) is 0 Å². The first-order valence-corrected chi connectivity index (χ1v) is 10.8. The number of nitrogens with zero attached hydrogens (tertiary/aromatic N) is 2. The number of benzene rings is 2. The van der Waals surface area contributed by atoms with Gasteiger partial charge in [0.2, 0.25) is 0 Å². The Balaban J connectivity index is 1.39. The number of nitrogens with one attached hydrogen (secondary N) is 1. The van der Waals surface area contributed by atoms with Gasteiger partial charge in [0.25, 0.3) is 10.0 Å². The Kier molecular flexibility index (Phi) is 4.06. The molecule has 2 aromatic carbocycles. The predicted octanol–water partition coefficient (Wildman–Crippen LogP) is 4.05. The number of sulfonamides is 1. The number of aromatic nitrogens is 2. The lowest BCUT2D eigenvalue weighted by Crippen LogP contribution is -2.13. The molecule has 3 heterocycles. The standard InChI is InChI=1S/C22H19N3O3S/c1-15-8-10-25-14-20(23-22(25)12-15)16-2-4-18(5-3-16)24-29(26,27)19-6-7-21-17(13-19)9-11-28-21/h2-8,10,12-14,24H,9,11H2,1H3. The molecule has 7 heteroatoms. The molecule has 146 valence electrons. The molecule has 0 radical (unpaired) electrons. The third-order valence-electron chi connectivity index (χ3n) is 5.02. The summed E-state index contributed by atoms with van der Waals surface area (Å²) in [6.07, 6.45) is 4.66. The van der Waals surface area contributed by atoms with Crippen molar-refractivity contribution >= 4 is 21.4 Å². The first kappa shape index (κ1) is 17.8. The third kappa shape index (κ3) is 3.34. The highest BCUT2D eigenvalue weighted by Gasteiger charge is 2.19. The molecule has 1 aliphatic rings. The van der Waals surface area contributed by atoms with E-state index in [0.717, 1.165) is 40.2 Å². The quantitative estimate of drug-likeness (QED) is 0.556. The monoisotopic (exact) mass is 405 g/mol. The molecule has 2 aromatic heterocycles. The first-order valence-electron chi connectivity index (χ1n) is 9.32. The van der Waals surface area contributed by atoms with Crippen molar-refractivity contribution in [3.8, 4) is 17.0 Å². The van der Waals surface area contributed by atoms with Gasteiger partial charge in [0, 0.05) is 30.1 Å². The van der Waals surface area contributed by atoms with Crippen LogP contribution in [-0.4, -0.2) is 24.4 Å². The smallest absolute Gasteiger partial charge is 0.261 e. The van der Waals surface area contributed by atoms with Gasteiger partial charge in [-0.05, 0) is 60.5 Å². The van der Waals surface area contributed by atoms with Crippen LogP contribution in [0.25, 0.3) is 16.9 Å². The van der Waals surface area contributed by atoms with Gasteiger partial charge in [0.05, 0.1) is 17.2 Å². The number of hydrogen-bond donors (Lipinski definition) is 1. The summed E-state index contributed by atoms with van der Waals surface area (Å²) < 4.78 is 35.5. The molecule has 4 aromatic rings. The average Bonchev–Trinajstić information content (AvgIpc) is 3.34. The summed E-state index contributed by atoms with van der Waals surface area (Å²) in [5.41, 5.74) is 5.21. The minimum Gasteiger partial charge on any atom is -0.493 e. The van der Waals surface area contributed by atoms with E-state index in [9.17, 15) is 8.42 Å². The van der Waals surface area contributed by atoms with E-state index in [-0.39, 0.29) is 4.90 Å². The summed E-state index contributed by atoms with van der Waals surface area (Å²) in [4.78, 5) is 4.88. The fourth-order valence-corrected chi connectivity index (χ4v) is 4.58. The molecule has 0 saturated heterocycles. The molecular formula is C22H19N3O3S. The van der Waals surface area contributed by atoms with E-state index in [1.165, 1.54) is 0 Å². The van der Waals surface area contributed by atoms with Crippen molar-refractivity contribution < 1.29 is 13.2 Å². The first-order chi connectivity index (χ1) is 14.0. The summed E-state index contributed by atoms with van der Waals surface area (Å²) in [6.45, 7) is 2.62. The van der Waals surface area contributed by atoms with Crippen LogP contribution in [0, 0.1) is 6.92 Å². The van der Waals surface area contributed by atoms with Crippen molar-refractivity contribution in [1.82, 2.24) is 9.38 Å². The summed E-state index contributed by atoms with van der Waals surface area (Å²) in [6, 6.07) is 16.2. The second-order valence-corrected chi connectivity index (χ2v) is 8.83. The Hall–Kier alpha value is -3.32. The molecule has 1 N–H and O–H groups in total. The number of anilines is 1. The van der Waals surface area contributed by atoms with Crippen molar-refractivity contribution in [3.05, 3.63) is 78.1 Å². The Morgan fingerprint density at radius 1 is 1.07 bits per heavy atom. The summed E-state index contributed by atoms with van der Waals surface area (Å²) >= 11 is 0. The Bertz CT molecular complexity index is 1330. The third-order valence-corrected chi connectivity index (χ3v) is 6.40. The molecule has 6 nitrogen and oxygen atoms in total. The fourth-order valence-electron chi connectivity index (χ4n) is 3.48. The normalized spacial score (nSPS) is 13.3. The number of imidazole rings is 1. The van der Waals surface area contributed by atoms with E-state index < -0.39 is 10.0 Å². The lowest BCUT2D eigenvalue weighted by Gasteiger charge is -2.09. The zero-order valence-electron chi connectivity index (χ0n) is 15.8. The van der Waals surface area contributed by atoms with Crippen molar-refractivity contribution in [2.75, 3.05) is 11.3 Å². The van der Waals surface area contributed by atoms with Crippen LogP contribution < -0.4 is 9.46 Å². The second-order valence-electron chi connectivity index (χ2n) is 7.15. The number of aryl methyl sites for hydroxylation is 1. The number of hydrogen-bond acceptors (Lipinski definition) is 4. The maximum Gasteiger partial charge on any atom is 0.261 e. The van der Waals surface area contributed by atoms with Crippen LogP contribution in [0.2, 0.25) is 0 Å². The van der Waals surface area contributed by atoms with Gasteiger partial charge in [-0.15, -0.1) is 0 Å². The Morgan fingerprint density at radius 2 is 1.90 bits per heavy atom. The second kappa shape index (κ2) is 6.63. The highest BCUT2D eigenvalue weighted by atomic mass is 32.2. The topological polar surface area (TPSA) is 72.7 Å². The van der Waals surface area contributed by atoms with Crippen LogP contribution >= 0.6 is 0 Å². The summed E-state index contributed by atoms with van der Waals surface area (Å²) in [5, 5.41) is 0. The molecule has 29 heavy (non-hydrogen) atoms. The molecule has 0 saturated carbocycles. The van der Waals surface area contributed by atoms with Crippen LogP contribution in [0.1, 0.15) is 11.1 Å².